The lowest BCUT2D eigenvalue weighted by atomic mass is 9.99. The van der Waals surface area contributed by atoms with Crippen molar-refractivity contribution in [1.82, 2.24) is 0 Å². The van der Waals surface area contributed by atoms with Gasteiger partial charge in [0.2, 0.25) is 0 Å². The van der Waals surface area contributed by atoms with E-state index in [0.717, 1.165) is 0 Å². The van der Waals surface area contributed by atoms with Gasteiger partial charge in [-0.05, 0) is 0 Å². The standard InChI is InChI=1S/C11H20O10/c12-1-4(15)10(5(16)2-13)21-11-9(19)8(18)7(17)6(3-14)20-11/h1,4-11,13-19H,2-3H2/t4-,5+,6+,7+,8-,9+,10+,11+/m0/s1. The largest absolute Gasteiger partial charge is 0.394 e. The number of aliphatic hydroxyl groups excluding tert-OH is 7. The molecular formula is C11H20O10. The first-order valence-electron chi connectivity index (χ1n) is 6.25. The van der Waals surface area contributed by atoms with Gasteiger partial charge in [-0.2, -0.15) is 0 Å². The Kier molecular flexibility index (Phi) is 7.06. The van der Waals surface area contributed by atoms with Gasteiger partial charge in [-0.1, -0.05) is 0 Å². The molecule has 1 fully saturated rings. The van der Waals surface area contributed by atoms with Gasteiger partial charge in [0.15, 0.2) is 12.6 Å². The molecule has 8 atom stereocenters. The molecule has 1 aliphatic rings. The van der Waals surface area contributed by atoms with Crippen LogP contribution < -0.4 is 0 Å². The minimum absolute atomic E-state index is 0.0492. The van der Waals surface area contributed by atoms with Crippen LogP contribution in [0.25, 0.3) is 0 Å². The molecule has 0 aliphatic carbocycles. The zero-order chi connectivity index (χ0) is 16.2. The van der Waals surface area contributed by atoms with E-state index < -0.39 is 62.2 Å². The first kappa shape index (κ1) is 18.4. The molecule has 1 rings (SSSR count). The Balaban J connectivity index is 2.83. The monoisotopic (exact) mass is 312 g/mol. The first-order chi connectivity index (χ1) is 9.87. The highest BCUT2D eigenvalue weighted by Crippen LogP contribution is 2.24. The normalized spacial score (nSPS) is 37.8. The van der Waals surface area contributed by atoms with Gasteiger partial charge >= 0.3 is 0 Å². The maximum atomic E-state index is 10.6. The van der Waals surface area contributed by atoms with Gasteiger partial charge in [-0.25, -0.2) is 0 Å². The maximum absolute atomic E-state index is 10.6. The molecule has 21 heavy (non-hydrogen) atoms. The number of rotatable bonds is 7. The number of hydrogen-bond acceptors (Lipinski definition) is 10. The summed E-state index contributed by atoms with van der Waals surface area (Å²) in [7, 11) is 0. The van der Waals surface area contributed by atoms with Crippen LogP contribution in [0.1, 0.15) is 0 Å². The fraction of sp³-hybridized carbons (Fsp3) is 0.909. The summed E-state index contributed by atoms with van der Waals surface area (Å²) in [5.74, 6) is 0. The van der Waals surface area contributed by atoms with Gasteiger partial charge in [0, 0.05) is 0 Å². The van der Waals surface area contributed by atoms with E-state index in [1.807, 2.05) is 0 Å². The molecule has 10 nitrogen and oxygen atoms in total. The molecule has 1 aliphatic heterocycles. The molecule has 0 saturated carbocycles. The van der Waals surface area contributed by atoms with E-state index >= 15 is 0 Å². The second kappa shape index (κ2) is 8.08. The molecule has 0 spiro atoms. The van der Waals surface area contributed by atoms with Crippen LogP contribution in [0.4, 0.5) is 0 Å². The fourth-order valence-corrected chi connectivity index (χ4v) is 1.91. The molecule has 0 aromatic rings. The van der Waals surface area contributed by atoms with Crippen LogP contribution in [-0.2, 0) is 14.3 Å². The summed E-state index contributed by atoms with van der Waals surface area (Å²) in [5.41, 5.74) is 0. The summed E-state index contributed by atoms with van der Waals surface area (Å²) in [6.07, 6.45) is -13.0. The summed E-state index contributed by atoms with van der Waals surface area (Å²) in [6, 6.07) is 0. The van der Waals surface area contributed by atoms with Crippen molar-refractivity contribution in [2.24, 2.45) is 0 Å². The third kappa shape index (κ3) is 4.16. The van der Waals surface area contributed by atoms with Gasteiger partial charge in [0.25, 0.3) is 0 Å². The number of ether oxygens (including phenoxy) is 2. The first-order valence-corrected chi connectivity index (χ1v) is 6.25. The van der Waals surface area contributed by atoms with Gasteiger partial charge < -0.3 is 50.0 Å². The molecule has 0 radical (unpaired) electrons. The van der Waals surface area contributed by atoms with Crippen LogP contribution >= 0.6 is 0 Å². The Morgan fingerprint density at radius 1 is 1.10 bits per heavy atom. The Hall–Kier alpha value is -0.690. The second-order valence-electron chi connectivity index (χ2n) is 4.67. The molecule has 0 aromatic heterocycles. The van der Waals surface area contributed by atoms with Gasteiger partial charge in [0.05, 0.1) is 13.2 Å². The van der Waals surface area contributed by atoms with Crippen LogP contribution in [0.3, 0.4) is 0 Å². The summed E-state index contributed by atoms with van der Waals surface area (Å²) in [5, 5.41) is 65.6. The van der Waals surface area contributed by atoms with Gasteiger partial charge in [-0.15, -0.1) is 0 Å². The quantitative estimate of drug-likeness (QED) is 0.225. The van der Waals surface area contributed by atoms with Gasteiger partial charge in [0.1, 0.15) is 42.7 Å². The lowest BCUT2D eigenvalue weighted by molar-refractivity contribution is -0.322. The maximum Gasteiger partial charge on any atom is 0.187 e. The van der Waals surface area contributed by atoms with Crippen LogP contribution in [0.2, 0.25) is 0 Å². The van der Waals surface area contributed by atoms with Crippen molar-refractivity contribution in [3.63, 3.8) is 0 Å². The van der Waals surface area contributed by atoms with Crippen molar-refractivity contribution in [3.05, 3.63) is 0 Å². The summed E-state index contributed by atoms with van der Waals surface area (Å²) in [6.45, 7) is -1.53. The number of hydrogen-bond donors (Lipinski definition) is 7. The highest BCUT2D eigenvalue weighted by Gasteiger charge is 2.46. The van der Waals surface area contributed by atoms with Crippen LogP contribution in [0.5, 0.6) is 0 Å². The number of carbonyl (C=O) groups is 1. The van der Waals surface area contributed by atoms with E-state index in [1.54, 1.807) is 0 Å². The molecule has 0 unspecified atom stereocenters. The molecule has 10 heteroatoms. The van der Waals surface area contributed by atoms with E-state index in [1.165, 1.54) is 0 Å². The van der Waals surface area contributed by atoms with Crippen molar-refractivity contribution in [2.45, 2.75) is 49.0 Å². The van der Waals surface area contributed by atoms with Gasteiger partial charge in [-0.3, -0.25) is 0 Å². The smallest absolute Gasteiger partial charge is 0.187 e. The molecule has 124 valence electrons. The minimum Gasteiger partial charge on any atom is -0.394 e. The number of aliphatic hydroxyl groups is 7. The van der Waals surface area contributed by atoms with Crippen molar-refractivity contribution < 1.29 is 50.0 Å². The Morgan fingerprint density at radius 2 is 1.71 bits per heavy atom. The lowest BCUT2D eigenvalue weighted by Gasteiger charge is -2.41. The zero-order valence-corrected chi connectivity index (χ0v) is 11.0. The molecule has 1 heterocycles. The lowest BCUT2D eigenvalue weighted by Crippen LogP contribution is -2.61. The van der Waals surface area contributed by atoms with E-state index in [0.29, 0.717) is 0 Å². The summed E-state index contributed by atoms with van der Waals surface area (Å²) >= 11 is 0. The van der Waals surface area contributed by atoms with E-state index in [-0.39, 0.29) is 6.29 Å². The van der Waals surface area contributed by atoms with E-state index in [9.17, 15) is 30.3 Å². The van der Waals surface area contributed by atoms with Crippen LogP contribution in [-0.4, -0.2) is 104 Å². The average molecular weight is 312 g/mol. The van der Waals surface area contributed by atoms with E-state index in [4.69, 9.17) is 19.7 Å². The van der Waals surface area contributed by atoms with Crippen molar-refractivity contribution >= 4 is 6.29 Å². The predicted molar refractivity (Wildman–Crippen MR) is 63.8 cm³/mol. The molecule has 1 saturated heterocycles. The highest BCUT2D eigenvalue weighted by atomic mass is 16.7. The summed E-state index contributed by atoms with van der Waals surface area (Å²) in [4.78, 5) is 10.6. The van der Waals surface area contributed by atoms with Crippen molar-refractivity contribution in [1.29, 1.82) is 0 Å². The molecule has 0 bridgehead atoms. The second-order valence-corrected chi connectivity index (χ2v) is 4.67. The van der Waals surface area contributed by atoms with Crippen molar-refractivity contribution in [2.75, 3.05) is 13.2 Å². The topological polar surface area (TPSA) is 177 Å². The molecule has 7 N–H and O–H groups in total. The molecular weight excluding hydrogens is 292 g/mol. The predicted octanol–water partition coefficient (Wildman–Crippen LogP) is -4.92. The van der Waals surface area contributed by atoms with Crippen molar-refractivity contribution in [3.8, 4) is 0 Å². The zero-order valence-electron chi connectivity index (χ0n) is 11.0. The Bertz CT molecular complexity index is 324. The average Bonchev–Trinajstić information content (AvgIpc) is 2.50. The van der Waals surface area contributed by atoms with E-state index in [2.05, 4.69) is 0 Å². The molecule has 0 aromatic carbocycles. The van der Waals surface area contributed by atoms with Crippen LogP contribution in [0.15, 0.2) is 0 Å². The Morgan fingerprint density at radius 3 is 2.19 bits per heavy atom. The number of aldehydes is 1. The highest BCUT2D eigenvalue weighted by molar-refractivity contribution is 5.56. The fourth-order valence-electron chi connectivity index (χ4n) is 1.91. The third-order valence-electron chi connectivity index (χ3n) is 3.18. The Labute approximate surface area is 119 Å². The number of carbonyl (C=O) groups excluding carboxylic acids is 1. The minimum atomic E-state index is -1.82. The summed E-state index contributed by atoms with van der Waals surface area (Å²) < 4.78 is 10.0. The molecule has 0 amide bonds. The van der Waals surface area contributed by atoms with Crippen LogP contribution in [0, 0.1) is 0 Å². The third-order valence-corrected chi connectivity index (χ3v) is 3.18. The SMILES string of the molecule is O=C[C@H](O)[C@@H](O[C@H]1O[C@H](CO)[C@@H](O)[C@H](O)[C@H]1O)[C@H](O)CO.